The highest BCUT2D eigenvalue weighted by Gasteiger charge is 2.13. The summed E-state index contributed by atoms with van der Waals surface area (Å²) < 4.78 is 22.1. The van der Waals surface area contributed by atoms with E-state index >= 15 is 0 Å². The highest BCUT2D eigenvalue weighted by atomic mass is 16.5. The van der Waals surface area contributed by atoms with Gasteiger partial charge < -0.3 is 24.1 Å². The summed E-state index contributed by atoms with van der Waals surface area (Å²) >= 11 is 0. The fourth-order valence-electron chi connectivity index (χ4n) is 3.38. The van der Waals surface area contributed by atoms with Crippen LogP contribution in [0, 0.1) is 0 Å². The van der Waals surface area contributed by atoms with Gasteiger partial charge in [0.05, 0.1) is 35.0 Å². The van der Waals surface area contributed by atoms with Crippen molar-refractivity contribution in [2.45, 2.75) is 19.5 Å². The topological polar surface area (TPSA) is 124 Å². The molecule has 0 aliphatic carbocycles. The fraction of sp³-hybridized carbons (Fsp3) is 0.292. The van der Waals surface area contributed by atoms with Gasteiger partial charge in [-0.25, -0.2) is 4.79 Å². The number of hydrogen-bond donors (Lipinski definition) is 2. The van der Waals surface area contributed by atoms with E-state index in [0.29, 0.717) is 29.4 Å². The molecule has 0 aliphatic rings. The summed E-state index contributed by atoms with van der Waals surface area (Å²) in [4.78, 5) is 31.1. The molecule has 0 aliphatic heterocycles. The number of aryl methyl sites for hydroxylation is 1. The second-order valence-corrected chi connectivity index (χ2v) is 7.28. The first-order valence-corrected chi connectivity index (χ1v) is 10.4. The van der Waals surface area contributed by atoms with Crippen molar-refractivity contribution in [3.8, 4) is 28.9 Å². The van der Waals surface area contributed by atoms with Crippen molar-refractivity contribution in [3.05, 3.63) is 73.9 Å². The fourth-order valence-corrected chi connectivity index (χ4v) is 3.38. The molecule has 3 aromatic rings. The molecule has 0 spiro atoms. The molecule has 10 nitrogen and oxygen atoms in total. The number of aromatic hydroxyl groups is 1. The van der Waals surface area contributed by atoms with Gasteiger partial charge in [0.2, 0.25) is 5.88 Å². The normalized spacial score (nSPS) is 10.9. The summed E-state index contributed by atoms with van der Waals surface area (Å²) in [5.74, 6) is 1.90. The van der Waals surface area contributed by atoms with Crippen molar-refractivity contribution in [1.29, 1.82) is 0 Å². The lowest BCUT2D eigenvalue weighted by atomic mass is 10.1. The van der Waals surface area contributed by atoms with Gasteiger partial charge >= 0.3 is 5.69 Å². The zero-order chi connectivity index (χ0) is 24.7. The molecule has 1 heterocycles. The van der Waals surface area contributed by atoms with Gasteiger partial charge in [-0.2, -0.15) is 0 Å². The summed E-state index contributed by atoms with van der Waals surface area (Å²) in [6.07, 6.45) is 1.65. The summed E-state index contributed by atoms with van der Waals surface area (Å²) in [5, 5.41) is 10.6. The van der Waals surface area contributed by atoms with Crippen LogP contribution in [0.5, 0.6) is 28.9 Å². The number of nitrogens with one attached hydrogen (secondary N) is 1. The van der Waals surface area contributed by atoms with Crippen molar-refractivity contribution in [2.75, 3.05) is 28.4 Å². The van der Waals surface area contributed by atoms with Crippen LogP contribution in [0.1, 0.15) is 16.7 Å². The third-order valence-corrected chi connectivity index (χ3v) is 5.18. The third kappa shape index (κ3) is 5.58. The monoisotopic (exact) mass is 469 g/mol. The molecule has 1 aromatic heterocycles. The molecule has 0 bridgehead atoms. The van der Waals surface area contributed by atoms with Crippen LogP contribution in [-0.4, -0.2) is 49.3 Å². The predicted octanol–water partition coefficient (Wildman–Crippen LogP) is 2.14. The van der Waals surface area contributed by atoms with Crippen LogP contribution in [0.3, 0.4) is 0 Å². The molecule has 0 unspecified atom stereocenters. The number of aromatic nitrogens is 2. The molecule has 0 atom stereocenters. The number of aliphatic imine (C=N–C) groups is 1. The van der Waals surface area contributed by atoms with E-state index in [1.165, 1.54) is 13.3 Å². The highest BCUT2D eigenvalue weighted by Crippen LogP contribution is 2.28. The molecule has 180 valence electrons. The minimum absolute atomic E-state index is 0.109. The highest BCUT2D eigenvalue weighted by molar-refractivity contribution is 5.81. The van der Waals surface area contributed by atoms with Gasteiger partial charge in [-0.1, -0.05) is 6.07 Å². The average molecular weight is 469 g/mol. The quantitative estimate of drug-likeness (QED) is 0.436. The summed E-state index contributed by atoms with van der Waals surface area (Å²) in [7, 11) is 6.17. The molecule has 0 saturated carbocycles. The number of hydrogen-bond acceptors (Lipinski definition) is 8. The number of rotatable bonds is 10. The van der Waals surface area contributed by atoms with E-state index in [0.717, 1.165) is 15.7 Å². The van der Waals surface area contributed by atoms with E-state index in [4.69, 9.17) is 18.9 Å². The van der Waals surface area contributed by atoms with Gasteiger partial charge in [0.1, 0.15) is 17.1 Å². The lowest BCUT2D eigenvalue weighted by Gasteiger charge is -2.12. The van der Waals surface area contributed by atoms with E-state index in [1.54, 1.807) is 51.7 Å². The number of methoxy groups -OCH3 is 4. The van der Waals surface area contributed by atoms with Gasteiger partial charge in [-0.05, 0) is 41.8 Å². The molecule has 3 rings (SSSR count). The predicted molar refractivity (Wildman–Crippen MR) is 127 cm³/mol. The lowest BCUT2D eigenvalue weighted by molar-refractivity contribution is 0.354. The maximum atomic E-state index is 12.3. The average Bonchev–Trinajstić information content (AvgIpc) is 2.85. The van der Waals surface area contributed by atoms with Crippen LogP contribution < -0.4 is 30.2 Å². The molecule has 34 heavy (non-hydrogen) atoms. The Morgan fingerprint density at radius 2 is 1.59 bits per heavy atom. The van der Waals surface area contributed by atoms with E-state index in [-0.39, 0.29) is 18.7 Å². The van der Waals surface area contributed by atoms with Crippen LogP contribution in [-0.2, 0) is 19.5 Å². The molecular weight excluding hydrogens is 442 g/mol. The number of aromatic amines is 1. The molecule has 0 saturated heterocycles. The molecule has 2 aromatic carbocycles. The zero-order valence-electron chi connectivity index (χ0n) is 19.5. The van der Waals surface area contributed by atoms with Crippen molar-refractivity contribution in [2.24, 2.45) is 4.99 Å². The minimum Gasteiger partial charge on any atom is -0.497 e. The Bertz CT molecular complexity index is 1270. The molecule has 0 amide bonds. The van der Waals surface area contributed by atoms with E-state index < -0.39 is 17.1 Å². The lowest BCUT2D eigenvalue weighted by Crippen LogP contribution is -2.32. The van der Waals surface area contributed by atoms with Crippen LogP contribution >= 0.6 is 0 Å². The number of nitrogens with zero attached hydrogens (tertiary/aromatic N) is 2. The van der Waals surface area contributed by atoms with Crippen LogP contribution in [0.4, 0.5) is 0 Å². The van der Waals surface area contributed by atoms with Gasteiger partial charge in [0.25, 0.3) is 5.56 Å². The van der Waals surface area contributed by atoms with Crippen molar-refractivity contribution >= 4 is 6.21 Å². The standard InChI is InChI=1S/C24H27N3O7/c1-31-17-9-16(10-18(12-17)32-2)13-25-14-19-22(28)26-24(30)27(23(19)29)8-7-15-5-6-20(33-3)21(11-15)34-4/h5-6,9-12,14,29H,7-8,13H2,1-4H3,(H,26,28,30). The second-order valence-electron chi connectivity index (χ2n) is 7.28. The van der Waals surface area contributed by atoms with Crippen LogP contribution in [0.2, 0.25) is 0 Å². The Balaban J connectivity index is 1.82. The molecule has 0 radical (unpaired) electrons. The van der Waals surface area contributed by atoms with Crippen molar-refractivity contribution in [1.82, 2.24) is 9.55 Å². The minimum atomic E-state index is -0.725. The number of H-pyrrole nitrogens is 1. The Morgan fingerprint density at radius 1 is 0.912 bits per heavy atom. The van der Waals surface area contributed by atoms with Crippen LogP contribution in [0.15, 0.2) is 51.0 Å². The Morgan fingerprint density at radius 3 is 2.21 bits per heavy atom. The number of ether oxygens (including phenoxy) is 4. The molecular formula is C24H27N3O7. The van der Waals surface area contributed by atoms with Gasteiger partial charge in [-0.3, -0.25) is 19.3 Å². The van der Waals surface area contributed by atoms with Gasteiger partial charge in [0.15, 0.2) is 11.5 Å². The Hall–Kier alpha value is -4.21. The Kier molecular flexibility index (Phi) is 7.96. The van der Waals surface area contributed by atoms with Crippen molar-refractivity contribution in [3.63, 3.8) is 0 Å². The van der Waals surface area contributed by atoms with E-state index in [1.807, 2.05) is 6.07 Å². The summed E-state index contributed by atoms with van der Waals surface area (Å²) in [6, 6.07) is 10.7. The first-order chi connectivity index (χ1) is 16.4. The van der Waals surface area contributed by atoms with Crippen LogP contribution in [0.25, 0.3) is 0 Å². The molecule has 0 fully saturated rings. The van der Waals surface area contributed by atoms with E-state index in [2.05, 4.69) is 9.98 Å². The maximum absolute atomic E-state index is 12.3. The first-order valence-electron chi connectivity index (χ1n) is 10.4. The third-order valence-electron chi connectivity index (χ3n) is 5.18. The van der Waals surface area contributed by atoms with Gasteiger partial charge in [-0.15, -0.1) is 0 Å². The number of benzene rings is 2. The Labute approximate surface area is 196 Å². The largest absolute Gasteiger partial charge is 0.497 e. The summed E-state index contributed by atoms with van der Waals surface area (Å²) in [6.45, 7) is 0.335. The SMILES string of the molecule is COc1cc(CN=Cc2c(O)n(CCc3ccc(OC)c(OC)c3)c(=O)[nH]c2=O)cc(OC)c1. The maximum Gasteiger partial charge on any atom is 0.331 e. The zero-order valence-corrected chi connectivity index (χ0v) is 19.5. The van der Waals surface area contributed by atoms with E-state index in [9.17, 15) is 14.7 Å². The first kappa shape index (κ1) is 24.4. The molecule has 10 heteroatoms. The molecule has 2 N–H and O–H groups in total. The summed E-state index contributed by atoms with van der Waals surface area (Å²) in [5.41, 5.74) is 0.0961. The van der Waals surface area contributed by atoms with Crippen molar-refractivity contribution < 1.29 is 24.1 Å². The smallest absolute Gasteiger partial charge is 0.331 e. The second kappa shape index (κ2) is 11.1. The van der Waals surface area contributed by atoms with Gasteiger partial charge in [0, 0.05) is 18.8 Å².